The summed E-state index contributed by atoms with van der Waals surface area (Å²) in [6.45, 7) is 4.10. The average molecular weight is 342 g/mol. The van der Waals surface area contributed by atoms with Gasteiger partial charge in [-0.15, -0.1) is 0 Å². The summed E-state index contributed by atoms with van der Waals surface area (Å²) >= 11 is 5.98. The third-order valence-electron chi connectivity index (χ3n) is 3.91. The molecule has 0 saturated carbocycles. The van der Waals surface area contributed by atoms with Crippen LogP contribution in [0.4, 0.5) is 5.82 Å². The Morgan fingerprint density at radius 1 is 1.25 bits per heavy atom. The second-order valence-electron chi connectivity index (χ2n) is 5.90. The SMILES string of the molecule is CCCCC(=O)Nc1c(-c2ccc(Cl)cc2)nc2cc(C)ccn12. The Kier molecular flexibility index (Phi) is 4.86. The van der Waals surface area contributed by atoms with Crippen LogP contribution in [0.25, 0.3) is 16.9 Å². The molecule has 0 saturated heterocycles. The highest BCUT2D eigenvalue weighted by Crippen LogP contribution is 2.30. The number of fused-ring (bicyclic) bond motifs is 1. The highest BCUT2D eigenvalue weighted by molar-refractivity contribution is 6.30. The summed E-state index contributed by atoms with van der Waals surface area (Å²) in [6, 6.07) is 11.5. The minimum Gasteiger partial charge on any atom is -0.310 e. The second kappa shape index (κ2) is 7.05. The van der Waals surface area contributed by atoms with Crippen LogP contribution >= 0.6 is 11.6 Å². The monoisotopic (exact) mass is 341 g/mol. The van der Waals surface area contributed by atoms with Gasteiger partial charge in [0, 0.05) is 23.2 Å². The van der Waals surface area contributed by atoms with Crippen LogP contribution in [0.15, 0.2) is 42.6 Å². The smallest absolute Gasteiger partial charge is 0.225 e. The van der Waals surface area contributed by atoms with Crippen LogP contribution in [-0.4, -0.2) is 15.3 Å². The number of aryl methyl sites for hydroxylation is 1. The molecular formula is C19H20ClN3O. The van der Waals surface area contributed by atoms with E-state index in [4.69, 9.17) is 16.6 Å². The Balaban J connectivity index is 2.07. The van der Waals surface area contributed by atoms with Crippen LogP contribution < -0.4 is 5.32 Å². The summed E-state index contributed by atoms with van der Waals surface area (Å²) in [6.07, 6.45) is 4.31. The Morgan fingerprint density at radius 3 is 2.71 bits per heavy atom. The van der Waals surface area contributed by atoms with Crippen molar-refractivity contribution in [3.63, 3.8) is 0 Å². The largest absolute Gasteiger partial charge is 0.310 e. The van der Waals surface area contributed by atoms with E-state index in [2.05, 4.69) is 12.2 Å². The summed E-state index contributed by atoms with van der Waals surface area (Å²) in [7, 11) is 0. The van der Waals surface area contributed by atoms with Gasteiger partial charge in [0.1, 0.15) is 17.2 Å². The van der Waals surface area contributed by atoms with Gasteiger partial charge in [-0.05, 0) is 43.2 Å². The standard InChI is InChI=1S/C19H20ClN3O/c1-3-4-5-17(24)22-19-18(14-6-8-15(20)9-7-14)21-16-12-13(2)10-11-23(16)19/h6-12H,3-5H2,1-2H3,(H,22,24). The first-order chi connectivity index (χ1) is 11.6. The van der Waals surface area contributed by atoms with E-state index in [1.807, 2.05) is 53.9 Å². The number of rotatable bonds is 5. The molecule has 3 rings (SSSR count). The lowest BCUT2D eigenvalue weighted by molar-refractivity contribution is -0.116. The van der Waals surface area contributed by atoms with Gasteiger partial charge in [0.15, 0.2) is 0 Å². The van der Waals surface area contributed by atoms with Gasteiger partial charge in [0.25, 0.3) is 0 Å². The highest BCUT2D eigenvalue weighted by atomic mass is 35.5. The van der Waals surface area contributed by atoms with E-state index in [1.165, 1.54) is 0 Å². The van der Waals surface area contributed by atoms with Crippen molar-refractivity contribution in [1.29, 1.82) is 0 Å². The Labute approximate surface area is 146 Å². The fourth-order valence-electron chi connectivity index (χ4n) is 2.61. The van der Waals surface area contributed by atoms with Gasteiger partial charge in [-0.2, -0.15) is 0 Å². The molecule has 124 valence electrons. The second-order valence-corrected chi connectivity index (χ2v) is 6.34. The topological polar surface area (TPSA) is 46.4 Å². The van der Waals surface area contributed by atoms with Crippen LogP contribution in [-0.2, 0) is 4.79 Å². The molecule has 3 aromatic rings. The zero-order valence-electron chi connectivity index (χ0n) is 13.8. The molecule has 2 aromatic heterocycles. The minimum absolute atomic E-state index is 0.00874. The normalized spacial score (nSPS) is 11.0. The number of aromatic nitrogens is 2. The zero-order chi connectivity index (χ0) is 17.1. The number of imidazole rings is 1. The number of nitrogens with one attached hydrogen (secondary N) is 1. The molecule has 5 heteroatoms. The Bertz CT molecular complexity index is 868. The summed E-state index contributed by atoms with van der Waals surface area (Å²) in [4.78, 5) is 17.0. The first-order valence-corrected chi connectivity index (χ1v) is 8.51. The first kappa shape index (κ1) is 16.5. The van der Waals surface area contributed by atoms with Crippen molar-refractivity contribution in [2.75, 3.05) is 5.32 Å². The number of benzene rings is 1. The molecule has 0 aliphatic rings. The number of halogens is 1. The van der Waals surface area contributed by atoms with Crippen LogP contribution in [0.3, 0.4) is 0 Å². The zero-order valence-corrected chi connectivity index (χ0v) is 14.6. The maximum atomic E-state index is 12.2. The molecular weight excluding hydrogens is 322 g/mol. The maximum absolute atomic E-state index is 12.2. The van der Waals surface area contributed by atoms with E-state index < -0.39 is 0 Å². The molecule has 2 heterocycles. The van der Waals surface area contributed by atoms with E-state index in [0.29, 0.717) is 17.3 Å². The summed E-state index contributed by atoms with van der Waals surface area (Å²) in [5.41, 5.74) is 3.61. The van der Waals surface area contributed by atoms with Crippen molar-refractivity contribution < 1.29 is 4.79 Å². The van der Waals surface area contributed by atoms with Crippen molar-refractivity contribution in [2.45, 2.75) is 33.1 Å². The van der Waals surface area contributed by atoms with E-state index in [1.54, 1.807) is 0 Å². The molecule has 0 bridgehead atoms. The van der Waals surface area contributed by atoms with Crippen LogP contribution in [0.2, 0.25) is 5.02 Å². The molecule has 0 aliphatic carbocycles. The predicted molar refractivity (Wildman–Crippen MR) is 98.5 cm³/mol. The lowest BCUT2D eigenvalue weighted by Gasteiger charge is -2.08. The predicted octanol–water partition coefficient (Wildman–Crippen LogP) is 5.09. The first-order valence-electron chi connectivity index (χ1n) is 8.13. The molecule has 0 atom stereocenters. The molecule has 1 aromatic carbocycles. The van der Waals surface area contributed by atoms with Gasteiger partial charge in [-0.1, -0.05) is 37.1 Å². The highest BCUT2D eigenvalue weighted by Gasteiger charge is 2.16. The number of carbonyl (C=O) groups excluding carboxylic acids is 1. The molecule has 1 N–H and O–H groups in total. The number of nitrogens with zero attached hydrogens (tertiary/aromatic N) is 2. The minimum atomic E-state index is 0.00874. The quantitative estimate of drug-likeness (QED) is 0.702. The molecule has 4 nitrogen and oxygen atoms in total. The van der Waals surface area contributed by atoms with Crippen molar-refractivity contribution in [3.8, 4) is 11.3 Å². The molecule has 0 unspecified atom stereocenters. The molecule has 1 amide bonds. The Morgan fingerprint density at radius 2 is 2.00 bits per heavy atom. The van der Waals surface area contributed by atoms with E-state index in [9.17, 15) is 4.79 Å². The summed E-state index contributed by atoms with van der Waals surface area (Å²) < 4.78 is 1.92. The fraction of sp³-hybridized carbons (Fsp3) is 0.263. The number of unbranched alkanes of at least 4 members (excludes halogenated alkanes) is 1. The van der Waals surface area contributed by atoms with Gasteiger partial charge < -0.3 is 5.32 Å². The van der Waals surface area contributed by atoms with Crippen molar-refractivity contribution in [2.24, 2.45) is 0 Å². The van der Waals surface area contributed by atoms with E-state index in [0.717, 1.165) is 35.3 Å². The Hall–Kier alpha value is -2.33. The number of hydrogen-bond acceptors (Lipinski definition) is 2. The fourth-order valence-corrected chi connectivity index (χ4v) is 2.73. The molecule has 24 heavy (non-hydrogen) atoms. The van der Waals surface area contributed by atoms with Gasteiger partial charge in [-0.25, -0.2) is 4.98 Å². The van der Waals surface area contributed by atoms with Gasteiger partial charge >= 0.3 is 0 Å². The van der Waals surface area contributed by atoms with Crippen molar-refractivity contribution in [3.05, 3.63) is 53.2 Å². The average Bonchev–Trinajstić information content (AvgIpc) is 2.91. The van der Waals surface area contributed by atoms with Crippen LogP contribution in [0.1, 0.15) is 31.7 Å². The van der Waals surface area contributed by atoms with Crippen molar-refractivity contribution in [1.82, 2.24) is 9.38 Å². The third kappa shape index (κ3) is 3.44. The molecule has 0 fully saturated rings. The van der Waals surface area contributed by atoms with Crippen LogP contribution in [0.5, 0.6) is 0 Å². The lowest BCUT2D eigenvalue weighted by atomic mass is 10.1. The number of pyridine rings is 1. The van der Waals surface area contributed by atoms with E-state index >= 15 is 0 Å². The maximum Gasteiger partial charge on any atom is 0.225 e. The number of hydrogen-bond donors (Lipinski definition) is 1. The lowest BCUT2D eigenvalue weighted by Crippen LogP contribution is -2.13. The van der Waals surface area contributed by atoms with Gasteiger partial charge in [0.2, 0.25) is 5.91 Å². The number of carbonyl (C=O) groups is 1. The van der Waals surface area contributed by atoms with Crippen molar-refractivity contribution >= 4 is 29.0 Å². The summed E-state index contributed by atoms with van der Waals surface area (Å²) in [5, 5.41) is 3.70. The number of amides is 1. The third-order valence-corrected chi connectivity index (χ3v) is 4.17. The van der Waals surface area contributed by atoms with E-state index in [-0.39, 0.29) is 5.91 Å². The molecule has 0 spiro atoms. The summed E-state index contributed by atoms with van der Waals surface area (Å²) in [5.74, 6) is 0.711. The number of anilines is 1. The van der Waals surface area contributed by atoms with Crippen LogP contribution in [0, 0.1) is 6.92 Å². The van der Waals surface area contributed by atoms with Gasteiger partial charge in [0.05, 0.1) is 0 Å². The molecule has 0 radical (unpaired) electrons. The van der Waals surface area contributed by atoms with Gasteiger partial charge in [-0.3, -0.25) is 9.20 Å². The molecule has 0 aliphatic heterocycles.